The van der Waals surface area contributed by atoms with Crippen molar-refractivity contribution < 1.29 is 0 Å². The number of hydrogen-bond acceptors (Lipinski definition) is 3. The van der Waals surface area contributed by atoms with Crippen LogP contribution in [0.1, 0.15) is 16.7 Å². The van der Waals surface area contributed by atoms with Gasteiger partial charge in [-0.15, -0.1) is 24.0 Å². The van der Waals surface area contributed by atoms with E-state index < -0.39 is 0 Å². The number of aromatic nitrogens is 3. The van der Waals surface area contributed by atoms with Crippen LogP contribution in [-0.2, 0) is 19.6 Å². The maximum Gasteiger partial charge on any atom is 0.191 e. The Hall–Kier alpha value is -3.20. The van der Waals surface area contributed by atoms with Crippen LogP contribution in [0.2, 0.25) is 0 Å². The zero-order chi connectivity index (χ0) is 21.3. The minimum atomic E-state index is 0. The lowest BCUT2D eigenvalue weighted by Crippen LogP contribution is -2.36. The van der Waals surface area contributed by atoms with Crippen molar-refractivity contribution in [2.24, 2.45) is 4.99 Å². The average Bonchev–Trinajstić information content (AvgIpc) is 3.34. The second-order valence-electron chi connectivity index (χ2n) is 7.21. The van der Waals surface area contributed by atoms with Crippen molar-refractivity contribution in [3.05, 3.63) is 108 Å². The molecule has 0 unspecified atom stereocenters. The Kier molecular flexibility index (Phi) is 8.79. The van der Waals surface area contributed by atoms with Crippen LogP contribution in [0.4, 0.5) is 0 Å². The van der Waals surface area contributed by atoms with Crippen LogP contribution in [0, 0.1) is 0 Å². The number of nitrogens with zero attached hydrogens (tertiary/aromatic N) is 4. The Morgan fingerprint density at radius 3 is 2.28 bits per heavy atom. The first kappa shape index (κ1) is 23.5. The van der Waals surface area contributed by atoms with Gasteiger partial charge in [-0.3, -0.25) is 4.99 Å². The Morgan fingerprint density at radius 2 is 1.56 bits per heavy atom. The lowest BCUT2D eigenvalue weighted by molar-refractivity contribution is 0.685. The van der Waals surface area contributed by atoms with E-state index >= 15 is 0 Å². The molecule has 0 aliphatic rings. The molecule has 4 aromatic rings. The molecule has 0 aliphatic carbocycles. The molecule has 0 fully saturated rings. The molecule has 3 aromatic carbocycles. The molecule has 164 valence electrons. The molecule has 1 aromatic heterocycles. The molecule has 7 heteroatoms. The van der Waals surface area contributed by atoms with E-state index in [1.807, 2.05) is 22.9 Å². The highest BCUT2D eigenvalue weighted by atomic mass is 127. The van der Waals surface area contributed by atoms with Gasteiger partial charge in [0, 0.05) is 20.1 Å². The maximum absolute atomic E-state index is 4.35. The topological polar surface area (TPSA) is 67.1 Å². The van der Waals surface area contributed by atoms with Crippen molar-refractivity contribution in [3.8, 4) is 11.1 Å². The van der Waals surface area contributed by atoms with Gasteiger partial charge in [0.15, 0.2) is 5.96 Å². The van der Waals surface area contributed by atoms with E-state index in [-0.39, 0.29) is 24.0 Å². The normalized spacial score (nSPS) is 11.0. The van der Waals surface area contributed by atoms with Crippen LogP contribution in [-0.4, -0.2) is 27.8 Å². The van der Waals surface area contributed by atoms with E-state index in [0.717, 1.165) is 12.5 Å². The van der Waals surface area contributed by atoms with Crippen molar-refractivity contribution in [2.75, 3.05) is 7.05 Å². The van der Waals surface area contributed by atoms with Gasteiger partial charge >= 0.3 is 0 Å². The van der Waals surface area contributed by atoms with E-state index in [2.05, 4.69) is 86.4 Å². The summed E-state index contributed by atoms with van der Waals surface area (Å²) in [6.07, 6.45) is 3.29. The molecule has 0 radical (unpaired) electrons. The Bertz CT molecular complexity index is 1110. The molecule has 0 saturated carbocycles. The predicted octanol–water partition coefficient (Wildman–Crippen LogP) is 4.48. The summed E-state index contributed by atoms with van der Waals surface area (Å²) in [4.78, 5) is 8.35. The third kappa shape index (κ3) is 6.40. The van der Waals surface area contributed by atoms with Crippen molar-refractivity contribution in [3.63, 3.8) is 0 Å². The molecular formula is C25H27IN6. The SMILES string of the molecule is CN=C(NCc1ccccc1)NCc1ccccc1-c1ccc(Cn2cncn2)cc1.I. The monoisotopic (exact) mass is 538 g/mol. The largest absolute Gasteiger partial charge is 0.352 e. The standard InChI is InChI=1S/C25H26N6.HI/c1-26-25(28-15-20-7-3-2-4-8-20)29-16-23-9-5-6-10-24(23)22-13-11-21(12-14-22)17-31-19-27-18-30-31;/h2-14,18-19H,15-17H2,1H3,(H2,26,28,29);1H. The zero-order valence-electron chi connectivity index (χ0n) is 18.0. The van der Waals surface area contributed by atoms with Crippen LogP contribution in [0.5, 0.6) is 0 Å². The van der Waals surface area contributed by atoms with E-state index in [1.54, 1.807) is 19.7 Å². The second kappa shape index (κ2) is 12.0. The van der Waals surface area contributed by atoms with Gasteiger partial charge in [0.25, 0.3) is 0 Å². The fraction of sp³-hybridized carbons (Fsp3) is 0.160. The summed E-state index contributed by atoms with van der Waals surface area (Å²) >= 11 is 0. The van der Waals surface area contributed by atoms with Gasteiger partial charge in [0.05, 0.1) is 6.54 Å². The number of aliphatic imine (C=N–C) groups is 1. The Balaban J connectivity index is 0.00000289. The van der Waals surface area contributed by atoms with E-state index in [4.69, 9.17) is 0 Å². The van der Waals surface area contributed by atoms with Crippen molar-refractivity contribution >= 4 is 29.9 Å². The number of rotatable bonds is 7. The zero-order valence-corrected chi connectivity index (χ0v) is 20.3. The molecule has 0 aliphatic heterocycles. The summed E-state index contributed by atoms with van der Waals surface area (Å²) in [5.41, 5.74) is 6.02. The highest BCUT2D eigenvalue weighted by molar-refractivity contribution is 14.0. The molecule has 0 spiro atoms. The quantitative estimate of drug-likeness (QED) is 0.207. The fourth-order valence-corrected chi connectivity index (χ4v) is 3.43. The molecule has 4 rings (SSSR count). The Morgan fingerprint density at radius 1 is 0.844 bits per heavy atom. The number of hydrogen-bond donors (Lipinski definition) is 2. The van der Waals surface area contributed by atoms with Gasteiger partial charge in [0.2, 0.25) is 0 Å². The molecule has 0 atom stereocenters. The van der Waals surface area contributed by atoms with E-state index in [1.165, 1.54) is 27.8 Å². The molecule has 32 heavy (non-hydrogen) atoms. The minimum Gasteiger partial charge on any atom is -0.352 e. The van der Waals surface area contributed by atoms with Crippen LogP contribution < -0.4 is 10.6 Å². The van der Waals surface area contributed by atoms with Crippen LogP contribution in [0.15, 0.2) is 96.5 Å². The molecule has 1 heterocycles. The summed E-state index contributed by atoms with van der Waals surface area (Å²) in [5, 5.41) is 11.0. The van der Waals surface area contributed by atoms with Crippen molar-refractivity contribution in [2.45, 2.75) is 19.6 Å². The van der Waals surface area contributed by atoms with Crippen molar-refractivity contribution in [1.82, 2.24) is 25.4 Å². The summed E-state index contributed by atoms with van der Waals surface area (Å²) in [6, 6.07) is 27.4. The number of halogens is 1. The first-order valence-electron chi connectivity index (χ1n) is 10.3. The van der Waals surface area contributed by atoms with Gasteiger partial charge in [-0.1, -0.05) is 78.9 Å². The predicted molar refractivity (Wildman–Crippen MR) is 140 cm³/mol. The summed E-state index contributed by atoms with van der Waals surface area (Å²) in [5.74, 6) is 0.779. The molecule has 2 N–H and O–H groups in total. The number of benzene rings is 3. The highest BCUT2D eigenvalue weighted by Crippen LogP contribution is 2.24. The number of guanidine groups is 1. The summed E-state index contributed by atoms with van der Waals surface area (Å²) in [7, 11) is 1.79. The fourth-order valence-electron chi connectivity index (χ4n) is 3.43. The second-order valence-corrected chi connectivity index (χ2v) is 7.21. The first-order chi connectivity index (χ1) is 15.3. The maximum atomic E-state index is 4.35. The van der Waals surface area contributed by atoms with E-state index in [0.29, 0.717) is 13.1 Å². The lowest BCUT2D eigenvalue weighted by atomic mass is 9.98. The molecular weight excluding hydrogens is 511 g/mol. The smallest absolute Gasteiger partial charge is 0.191 e. The van der Waals surface area contributed by atoms with Gasteiger partial charge < -0.3 is 10.6 Å². The van der Waals surface area contributed by atoms with Crippen LogP contribution in [0.3, 0.4) is 0 Å². The summed E-state index contributed by atoms with van der Waals surface area (Å²) < 4.78 is 1.82. The van der Waals surface area contributed by atoms with Gasteiger partial charge in [-0.05, 0) is 27.8 Å². The molecule has 0 amide bonds. The average molecular weight is 538 g/mol. The van der Waals surface area contributed by atoms with Crippen LogP contribution in [0.25, 0.3) is 11.1 Å². The third-order valence-corrected chi connectivity index (χ3v) is 5.07. The van der Waals surface area contributed by atoms with Crippen LogP contribution >= 0.6 is 24.0 Å². The molecule has 0 bridgehead atoms. The lowest BCUT2D eigenvalue weighted by Gasteiger charge is -2.15. The first-order valence-corrected chi connectivity index (χ1v) is 10.3. The van der Waals surface area contributed by atoms with Gasteiger partial charge in [-0.2, -0.15) is 5.10 Å². The summed E-state index contributed by atoms with van der Waals surface area (Å²) in [6.45, 7) is 2.13. The highest BCUT2D eigenvalue weighted by Gasteiger charge is 2.07. The molecule has 6 nitrogen and oxygen atoms in total. The van der Waals surface area contributed by atoms with Crippen molar-refractivity contribution in [1.29, 1.82) is 0 Å². The molecule has 0 saturated heterocycles. The Labute approximate surface area is 205 Å². The number of nitrogens with one attached hydrogen (secondary N) is 2. The van der Waals surface area contributed by atoms with Gasteiger partial charge in [-0.25, -0.2) is 9.67 Å². The third-order valence-electron chi connectivity index (χ3n) is 5.07. The van der Waals surface area contributed by atoms with Gasteiger partial charge in [0.1, 0.15) is 12.7 Å². The van der Waals surface area contributed by atoms with E-state index in [9.17, 15) is 0 Å². The minimum absolute atomic E-state index is 0.